The summed E-state index contributed by atoms with van der Waals surface area (Å²) in [6.07, 6.45) is 1.61. The summed E-state index contributed by atoms with van der Waals surface area (Å²) in [5, 5.41) is 3.29. The Hall–Kier alpha value is -1.40. The molecule has 0 saturated carbocycles. The average molecular weight is 343 g/mol. The quantitative estimate of drug-likeness (QED) is 0.901. The van der Waals surface area contributed by atoms with Crippen molar-refractivity contribution in [1.82, 2.24) is 10.3 Å². The first kappa shape index (κ1) is 15.0. The standard InChI is InChI=1S/C14H16BrFN2O2/c1-14(2,3)17-7-11-8-19-13(18-11)20-12-5-9(15)4-10(16)6-12/h4-6,8,17H,7H2,1-3H3. The highest BCUT2D eigenvalue weighted by atomic mass is 79.9. The molecule has 0 bridgehead atoms. The van der Waals surface area contributed by atoms with Gasteiger partial charge in [-0.1, -0.05) is 15.9 Å². The molecule has 6 heteroatoms. The lowest BCUT2D eigenvalue weighted by molar-refractivity contribution is 0.329. The molecule has 20 heavy (non-hydrogen) atoms. The van der Waals surface area contributed by atoms with Crippen LogP contribution in [0, 0.1) is 5.82 Å². The molecule has 0 saturated heterocycles. The van der Waals surface area contributed by atoms with Crippen molar-refractivity contribution < 1.29 is 13.5 Å². The van der Waals surface area contributed by atoms with Crippen molar-refractivity contribution in [3.05, 3.63) is 40.4 Å². The fraction of sp³-hybridized carbons (Fsp3) is 0.357. The summed E-state index contributed by atoms with van der Waals surface area (Å²) in [5.41, 5.74) is 0.721. The summed E-state index contributed by atoms with van der Waals surface area (Å²) < 4.78 is 24.4. The molecule has 0 aliphatic rings. The molecule has 0 fully saturated rings. The predicted molar refractivity (Wildman–Crippen MR) is 77.3 cm³/mol. The van der Waals surface area contributed by atoms with Crippen LogP contribution in [0.25, 0.3) is 0 Å². The highest BCUT2D eigenvalue weighted by Gasteiger charge is 2.12. The number of oxazole rings is 1. The Morgan fingerprint density at radius 3 is 2.75 bits per heavy atom. The Morgan fingerprint density at radius 2 is 2.10 bits per heavy atom. The largest absolute Gasteiger partial charge is 0.417 e. The second-order valence-corrected chi connectivity index (χ2v) is 6.33. The van der Waals surface area contributed by atoms with Gasteiger partial charge >= 0.3 is 6.08 Å². The maximum absolute atomic E-state index is 13.2. The van der Waals surface area contributed by atoms with Gasteiger partial charge in [-0.25, -0.2) is 4.39 Å². The minimum atomic E-state index is -0.393. The second kappa shape index (κ2) is 5.93. The van der Waals surface area contributed by atoms with E-state index in [0.717, 1.165) is 5.69 Å². The summed E-state index contributed by atoms with van der Waals surface area (Å²) in [6, 6.07) is 4.25. The molecule has 0 aliphatic heterocycles. The van der Waals surface area contributed by atoms with E-state index >= 15 is 0 Å². The van der Waals surface area contributed by atoms with Crippen molar-refractivity contribution >= 4 is 15.9 Å². The number of hydrogen-bond donors (Lipinski definition) is 1. The van der Waals surface area contributed by atoms with Gasteiger partial charge in [0, 0.05) is 22.6 Å². The average Bonchev–Trinajstić information content (AvgIpc) is 2.72. The predicted octanol–water partition coefficient (Wildman–Crippen LogP) is 4.26. The smallest absolute Gasteiger partial charge is 0.399 e. The van der Waals surface area contributed by atoms with Gasteiger partial charge in [0.05, 0.1) is 5.69 Å². The monoisotopic (exact) mass is 342 g/mol. The Bertz CT molecular complexity index is 573. The molecular weight excluding hydrogens is 327 g/mol. The summed E-state index contributed by atoms with van der Waals surface area (Å²) in [6.45, 7) is 6.77. The molecule has 0 radical (unpaired) electrons. The number of rotatable bonds is 4. The number of hydrogen-bond acceptors (Lipinski definition) is 4. The molecule has 1 aromatic carbocycles. The van der Waals surface area contributed by atoms with Gasteiger partial charge in [-0.15, -0.1) is 0 Å². The first-order chi connectivity index (χ1) is 9.32. The minimum Gasteiger partial charge on any atom is -0.417 e. The Morgan fingerprint density at radius 1 is 1.35 bits per heavy atom. The van der Waals surface area contributed by atoms with Gasteiger partial charge in [0.1, 0.15) is 17.8 Å². The summed E-state index contributed by atoms with van der Waals surface area (Å²) in [4.78, 5) is 4.18. The van der Waals surface area contributed by atoms with E-state index in [1.54, 1.807) is 6.07 Å². The maximum atomic E-state index is 13.2. The van der Waals surface area contributed by atoms with Gasteiger partial charge in [-0.2, -0.15) is 4.98 Å². The molecule has 0 unspecified atom stereocenters. The van der Waals surface area contributed by atoms with E-state index in [9.17, 15) is 4.39 Å². The summed E-state index contributed by atoms with van der Waals surface area (Å²) >= 11 is 3.20. The highest BCUT2D eigenvalue weighted by molar-refractivity contribution is 9.10. The van der Waals surface area contributed by atoms with Crippen LogP contribution >= 0.6 is 15.9 Å². The number of aromatic nitrogens is 1. The van der Waals surface area contributed by atoms with Gasteiger partial charge in [0.15, 0.2) is 0 Å². The third-order valence-corrected chi connectivity index (χ3v) is 2.83. The Balaban J connectivity index is 2.02. The van der Waals surface area contributed by atoms with E-state index in [1.807, 2.05) is 0 Å². The van der Waals surface area contributed by atoms with Crippen molar-refractivity contribution in [1.29, 1.82) is 0 Å². The van der Waals surface area contributed by atoms with Crippen LogP contribution in [0.1, 0.15) is 26.5 Å². The van der Waals surface area contributed by atoms with E-state index < -0.39 is 5.82 Å². The van der Waals surface area contributed by atoms with Crippen LogP contribution in [0.4, 0.5) is 4.39 Å². The van der Waals surface area contributed by atoms with Crippen molar-refractivity contribution in [3.8, 4) is 11.8 Å². The second-order valence-electron chi connectivity index (χ2n) is 5.42. The SMILES string of the molecule is CC(C)(C)NCc1coc(Oc2cc(F)cc(Br)c2)n1. The fourth-order valence-electron chi connectivity index (χ4n) is 1.46. The van der Waals surface area contributed by atoms with Gasteiger partial charge in [-0.3, -0.25) is 0 Å². The minimum absolute atomic E-state index is 0.00655. The molecule has 2 rings (SSSR count). The molecule has 1 aromatic heterocycles. The first-order valence-corrected chi connectivity index (χ1v) is 6.94. The molecule has 0 spiro atoms. The molecule has 0 atom stereocenters. The number of halogens is 2. The zero-order chi connectivity index (χ0) is 14.8. The van der Waals surface area contributed by atoms with E-state index in [0.29, 0.717) is 16.8 Å². The molecule has 1 heterocycles. The van der Waals surface area contributed by atoms with Crippen molar-refractivity contribution in [2.75, 3.05) is 0 Å². The van der Waals surface area contributed by atoms with E-state index in [2.05, 4.69) is 47.0 Å². The van der Waals surface area contributed by atoms with E-state index in [1.165, 1.54) is 18.4 Å². The number of benzene rings is 1. The van der Waals surface area contributed by atoms with Crippen LogP contribution in [-0.2, 0) is 6.54 Å². The van der Waals surface area contributed by atoms with Gasteiger partial charge in [0.2, 0.25) is 0 Å². The van der Waals surface area contributed by atoms with Crippen LogP contribution < -0.4 is 10.1 Å². The normalized spacial score (nSPS) is 11.7. The third kappa shape index (κ3) is 4.61. The van der Waals surface area contributed by atoms with E-state index in [-0.39, 0.29) is 11.6 Å². The zero-order valence-electron chi connectivity index (χ0n) is 11.5. The van der Waals surface area contributed by atoms with Crippen LogP contribution in [0.3, 0.4) is 0 Å². The van der Waals surface area contributed by atoms with Crippen LogP contribution in [-0.4, -0.2) is 10.5 Å². The molecule has 4 nitrogen and oxygen atoms in total. The molecule has 1 N–H and O–H groups in total. The van der Waals surface area contributed by atoms with Gasteiger partial charge < -0.3 is 14.5 Å². The zero-order valence-corrected chi connectivity index (χ0v) is 13.1. The lowest BCUT2D eigenvalue weighted by Crippen LogP contribution is -2.35. The topological polar surface area (TPSA) is 47.3 Å². The molecule has 108 valence electrons. The summed E-state index contributed by atoms with van der Waals surface area (Å²) in [7, 11) is 0. The van der Waals surface area contributed by atoms with Crippen molar-refractivity contribution in [2.24, 2.45) is 0 Å². The van der Waals surface area contributed by atoms with Crippen LogP contribution in [0.15, 0.2) is 33.4 Å². The first-order valence-electron chi connectivity index (χ1n) is 6.15. The molecule has 2 aromatic rings. The van der Waals surface area contributed by atoms with Crippen molar-refractivity contribution in [3.63, 3.8) is 0 Å². The van der Waals surface area contributed by atoms with Crippen LogP contribution in [0.5, 0.6) is 11.8 Å². The Labute approximate surface area is 125 Å². The third-order valence-electron chi connectivity index (χ3n) is 2.37. The number of nitrogens with one attached hydrogen (secondary N) is 1. The van der Waals surface area contributed by atoms with Crippen molar-refractivity contribution in [2.45, 2.75) is 32.9 Å². The van der Waals surface area contributed by atoms with Crippen LogP contribution in [0.2, 0.25) is 0 Å². The van der Waals surface area contributed by atoms with Gasteiger partial charge in [0.25, 0.3) is 0 Å². The fourth-order valence-corrected chi connectivity index (χ4v) is 1.90. The Kier molecular flexibility index (Phi) is 4.45. The highest BCUT2D eigenvalue weighted by Crippen LogP contribution is 2.25. The molecule has 0 amide bonds. The summed E-state index contributed by atoms with van der Waals surface area (Å²) in [5.74, 6) is -0.0652. The van der Waals surface area contributed by atoms with Gasteiger partial charge in [-0.05, 0) is 32.9 Å². The number of nitrogens with zero attached hydrogens (tertiary/aromatic N) is 1. The number of ether oxygens (including phenoxy) is 1. The molecule has 0 aliphatic carbocycles. The van der Waals surface area contributed by atoms with E-state index in [4.69, 9.17) is 9.15 Å². The maximum Gasteiger partial charge on any atom is 0.399 e. The lowest BCUT2D eigenvalue weighted by atomic mass is 10.1. The molecular formula is C14H16BrFN2O2. The lowest BCUT2D eigenvalue weighted by Gasteiger charge is -2.19.